The fraction of sp³-hybridized carbons (Fsp3) is 0.500. The Kier molecular flexibility index (Phi) is 10.6. The van der Waals surface area contributed by atoms with Crippen LogP contribution in [-0.4, -0.2) is 83.5 Å². The number of carbonyl (C=O) groups is 6. The van der Waals surface area contributed by atoms with Crippen LogP contribution in [0.4, 0.5) is 14.4 Å². The number of ether oxygens (including phenoxy) is 2. The molecule has 1 aromatic rings. The largest absolute Gasteiger partial charge is 0.481 e. The van der Waals surface area contributed by atoms with Crippen molar-refractivity contribution in [3.63, 3.8) is 0 Å². The van der Waals surface area contributed by atoms with Gasteiger partial charge in [-0.2, -0.15) is 4.48 Å². The minimum absolute atomic E-state index is 0.0769. The van der Waals surface area contributed by atoms with Crippen molar-refractivity contribution < 1.29 is 47.8 Å². The van der Waals surface area contributed by atoms with Gasteiger partial charge in [-0.1, -0.05) is 30.3 Å². The van der Waals surface area contributed by atoms with Gasteiger partial charge in [0, 0.05) is 13.0 Å². The number of amides is 6. The summed E-state index contributed by atoms with van der Waals surface area (Å²) in [6.45, 7) is 4.09. The van der Waals surface area contributed by atoms with Crippen LogP contribution >= 0.6 is 0 Å². The smallest absolute Gasteiger partial charge is 0.425 e. The zero-order valence-electron chi connectivity index (χ0n) is 21.6. The number of hydrogen-bond acceptors (Lipinski definition) is 8. The topological polar surface area (TPSA) is 189 Å². The minimum Gasteiger partial charge on any atom is -0.481 e. The summed E-state index contributed by atoms with van der Waals surface area (Å²) in [7, 11) is 0. The second-order valence-corrected chi connectivity index (χ2v) is 9.61. The van der Waals surface area contributed by atoms with Crippen molar-refractivity contribution >= 4 is 36.0 Å². The molecule has 0 radical (unpaired) electrons. The van der Waals surface area contributed by atoms with Gasteiger partial charge in [0.1, 0.15) is 24.9 Å². The third-order valence-corrected chi connectivity index (χ3v) is 5.27. The molecule has 0 spiro atoms. The standard InChI is InChI=1S/C24H33N5O9/c1-24(2,3)38-22(35)25-10-7-11-29(19(31)13-26-21(29)34)14-18(30)27-17(12-20(32)33)28-23(36)37-15-16-8-5-4-6-9-16/h4-6,8-9,17H,7,10-15H2,1-3H3,(H4-,25,26,27,28,30,32,33,34,35,36)/p+1. The van der Waals surface area contributed by atoms with Gasteiger partial charge in [-0.15, -0.1) is 0 Å². The Bertz CT molecular complexity index is 1020. The SMILES string of the molecule is CC(C)(C)OC(=O)NCCC[N+]1(CC(=O)NC(CC(=O)O)NC(=O)OCc2ccccc2)C(=O)CNC1=O. The minimum atomic E-state index is -1.36. The van der Waals surface area contributed by atoms with E-state index < -0.39 is 65.2 Å². The molecule has 0 bridgehead atoms. The molecule has 0 aromatic heterocycles. The highest BCUT2D eigenvalue weighted by Gasteiger charge is 2.51. The summed E-state index contributed by atoms with van der Waals surface area (Å²) in [4.78, 5) is 73.3. The summed E-state index contributed by atoms with van der Waals surface area (Å²) < 4.78 is 9.32. The first-order chi connectivity index (χ1) is 17.8. The summed E-state index contributed by atoms with van der Waals surface area (Å²) in [6.07, 6.45) is -3.51. The quantitative estimate of drug-likeness (QED) is 0.111. The van der Waals surface area contributed by atoms with E-state index >= 15 is 0 Å². The Balaban J connectivity index is 1.97. The average molecular weight is 537 g/mol. The Labute approximate surface area is 219 Å². The van der Waals surface area contributed by atoms with Crippen molar-refractivity contribution in [1.29, 1.82) is 0 Å². The number of hydrogen-bond donors (Lipinski definition) is 5. The van der Waals surface area contributed by atoms with Gasteiger partial charge in [-0.05, 0) is 26.3 Å². The number of benzene rings is 1. The maximum atomic E-state index is 12.8. The van der Waals surface area contributed by atoms with Crippen LogP contribution in [0, 0.1) is 0 Å². The van der Waals surface area contributed by atoms with Gasteiger partial charge < -0.3 is 30.5 Å². The summed E-state index contributed by atoms with van der Waals surface area (Å²) in [5.74, 6) is -2.72. The van der Waals surface area contributed by atoms with E-state index in [2.05, 4.69) is 21.3 Å². The molecule has 14 nitrogen and oxygen atoms in total. The molecule has 1 fully saturated rings. The highest BCUT2D eigenvalue weighted by molar-refractivity contribution is 5.94. The van der Waals surface area contributed by atoms with Gasteiger partial charge in [0.2, 0.25) is 0 Å². The van der Waals surface area contributed by atoms with Gasteiger partial charge in [-0.25, -0.2) is 19.2 Å². The molecule has 1 aliphatic rings. The van der Waals surface area contributed by atoms with Gasteiger partial charge in [0.25, 0.3) is 5.91 Å². The molecule has 1 aliphatic heterocycles. The lowest BCUT2D eigenvalue weighted by Gasteiger charge is -2.28. The Hall–Kier alpha value is -4.20. The number of rotatable bonds is 12. The number of aliphatic carboxylic acids is 1. The number of carboxylic acid groups (broad SMARTS) is 1. The van der Waals surface area contributed by atoms with Gasteiger partial charge in [0.15, 0.2) is 6.54 Å². The van der Waals surface area contributed by atoms with Crippen molar-refractivity contribution in [3.8, 4) is 0 Å². The van der Waals surface area contributed by atoms with Crippen LogP contribution < -0.4 is 21.3 Å². The number of nitrogens with one attached hydrogen (secondary N) is 4. The molecule has 1 heterocycles. The first-order valence-electron chi connectivity index (χ1n) is 11.9. The van der Waals surface area contributed by atoms with E-state index in [1.54, 1.807) is 51.1 Å². The molecule has 2 unspecified atom stereocenters. The van der Waals surface area contributed by atoms with Gasteiger partial charge >= 0.3 is 30.1 Å². The van der Waals surface area contributed by atoms with Crippen molar-refractivity contribution in [1.82, 2.24) is 21.3 Å². The molecule has 1 aromatic carbocycles. The van der Waals surface area contributed by atoms with Crippen LogP contribution in [-0.2, 0) is 30.5 Å². The first kappa shape index (κ1) is 30.0. The van der Waals surface area contributed by atoms with Crippen LogP contribution in [0.25, 0.3) is 0 Å². The second-order valence-electron chi connectivity index (χ2n) is 9.61. The van der Waals surface area contributed by atoms with Gasteiger partial charge in [-0.3, -0.25) is 14.9 Å². The predicted molar refractivity (Wildman–Crippen MR) is 131 cm³/mol. The zero-order chi connectivity index (χ0) is 28.3. The maximum absolute atomic E-state index is 12.8. The number of imide groups is 1. The van der Waals surface area contributed by atoms with E-state index in [0.717, 1.165) is 0 Å². The number of nitrogens with zero attached hydrogens (tertiary/aromatic N) is 1. The molecule has 2 atom stereocenters. The zero-order valence-corrected chi connectivity index (χ0v) is 21.6. The number of carbonyl (C=O) groups excluding carboxylic acids is 5. The monoisotopic (exact) mass is 536 g/mol. The van der Waals surface area contributed by atoms with Crippen LogP contribution in [0.3, 0.4) is 0 Å². The average Bonchev–Trinajstić information content (AvgIpc) is 3.08. The molecule has 0 saturated carbocycles. The van der Waals surface area contributed by atoms with Crippen LogP contribution in [0.1, 0.15) is 39.2 Å². The predicted octanol–water partition coefficient (Wildman–Crippen LogP) is 0.811. The maximum Gasteiger partial charge on any atom is 0.425 e. The fourth-order valence-corrected chi connectivity index (χ4v) is 3.59. The Morgan fingerprint density at radius 1 is 1.08 bits per heavy atom. The third kappa shape index (κ3) is 9.69. The number of urea groups is 1. The number of quaternary nitrogens is 1. The fourth-order valence-electron chi connectivity index (χ4n) is 3.59. The highest BCUT2D eigenvalue weighted by Crippen LogP contribution is 2.16. The van der Waals surface area contributed by atoms with Crippen LogP contribution in [0.2, 0.25) is 0 Å². The van der Waals surface area contributed by atoms with Gasteiger partial charge in [0.05, 0.1) is 13.0 Å². The van der Waals surface area contributed by atoms with Crippen LogP contribution in [0.5, 0.6) is 0 Å². The molecule has 2 rings (SSSR count). The molecule has 38 heavy (non-hydrogen) atoms. The summed E-state index contributed by atoms with van der Waals surface area (Å²) in [6, 6.07) is 8.06. The van der Waals surface area contributed by atoms with E-state index in [1.807, 2.05) is 0 Å². The van der Waals surface area contributed by atoms with Crippen molar-refractivity contribution in [2.24, 2.45) is 0 Å². The lowest BCUT2D eigenvalue weighted by molar-refractivity contribution is -0.759. The lowest BCUT2D eigenvalue weighted by atomic mass is 10.2. The molecule has 6 amide bonds. The normalized spacial score (nSPS) is 17.7. The summed E-state index contributed by atoms with van der Waals surface area (Å²) >= 11 is 0. The Morgan fingerprint density at radius 2 is 1.76 bits per heavy atom. The lowest BCUT2D eigenvalue weighted by Crippen LogP contribution is -2.60. The molecule has 0 aliphatic carbocycles. The molecular weight excluding hydrogens is 502 g/mol. The van der Waals surface area contributed by atoms with E-state index in [1.165, 1.54) is 0 Å². The number of alkyl carbamates (subject to hydrolysis) is 2. The highest BCUT2D eigenvalue weighted by atomic mass is 16.6. The molecule has 14 heteroatoms. The summed E-state index contributed by atoms with van der Waals surface area (Å²) in [5, 5.41) is 18.7. The van der Waals surface area contributed by atoms with E-state index in [4.69, 9.17) is 9.47 Å². The number of carboxylic acids is 1. The van der Waals surface area contributed by atoms with Crippen LogP contribution in [0.15, 0.2) is 30.3 Å². The Morgan fingerprint density at radius 3 is 2.34 bits per heavy atom. The second kappa shape index (κ2) is 13.4. The van der Waals surface area contributed by atoms with Crippen molar-refractivity contribution in [2.75, 3.05) is 26.2 Å². The molecule has 1 saturated heterocycles. The van der Waals surface area contributed by atoms with E-state index in [9.17, 15) is 33.9 Å². The summed E-state index contributed by atoms with van der Waals surface area (Å²) in [5.41, 5.74) is 0.00236. The first-order valence-corrected chi connectivity index (χ1v) is 11.9. The van der Waals surface area contributed by atoms with E-state index in [-0.39, 0.29) is 32.7 Å². The molecule has 5 N–H and O–H groups in total. The van der Waals surface area contributed by atoms with Crippen molar-refractivity contribution in [3.05, 3.63) is 35.9 Å². The molecular formula is C24H34N5O9+. The third-order valence-electron chi connectivity index (χ3n) is 5.27. The van der Waals surface area contributed by atoms with Crippen molar-refractivity contribution in [2.45, 2.75) is 52.0 Å². The molecule has 208 valence electrons. The van der Waals surface area contributed by atoms with E-state index in [0.29, 0.717) is 5.56 Å².